The van der Waals surface area contributed by atoms with Crippen LogP contribution in [0.5, 0.6) is 0 Å². The number of amides is 1. The van der Waals surface area contributed by atoms with E-state index in [0.29, 0.717) is 0 Å². The number of hydrogen-bond acceptors (Lipinski definition) is 4. The molecule has 0 aliphatic carbocycles. The third kappa shape index (κ3) is 4.53. The van der Waals surface area contributed by atoms with E-state index >= 15 is 0 Å². The van der Waals surface area contributed by atoms with E-state index in [2.05, 4.69) is 12.2 Å². The number of nitrogens with one attached hydrogen (secondary N) is 1. The van der Waals surface area contributed by atoms with Gasteiger partial charge in [0.1, 0.15) is 0 Å². The van der Waals surface area contributed by atoms with Crippen LogP contribution in [0.1, 0.15) is 49.9 Å². The van der Waals surface area contributed by atoms with Gasteiger partial charge in [-0.3, -0.25) is 14.9 Å². The minimum atomic E-state index is -0.541. The van der Waals surface area contributed by atoms with Gasteiger partial charge in [-0.25, -0.2) is 0 Å². The Morgan fingerprint density at radius 2 is 2.15 bits per heavy atom. The maximum atomic E-state index is 12.1. The van der Waals surface area contributed by atoms with Crippen molar-refractivity contribution >= 4 is 17.3 Å². The van der Waals surface area contributed by atoms with E-state index in [-0.39, 0.29) is 28.9 Å². The number of nitrogens with zero attached hydrogens (tertiary/aromatic N) is 1. The summed E-state index contributed by atoms with van der Waals surface area (Å²) in [5.74, 6) is -0.366. The molecule has 110 valence electrons. The molecule has 20 heavy (non-hydrogen) atoms. The highest BCUT2D eigenvalue weighted by Crippen LogP contribution is 2.19. The second-order valence-electron chi connectivity index (χ2n) is 4.90. The van der Waals surface area contributed by atoms with Crippen molar-refractivity contribution in [1.82, 2.24) is 5.32 Å². The molecule has 1 aromatic rings. The third-order valence-electron chi connectivity index (χ3n) is 3.11. The normalized spacial score (nSPS) is 11.9. The maximum Gasteiger partial charge on any atom is 0.270 e. The number of anilines is 1. The monoisotopic (exact) mass is 279 g/mol. The van der Waals surface area contributed by atoms with Crippen molar-refractivity contribution in [3.63, 3.8) is 0 Å². The van der Waals surface area contributed by atoms with Gasteiger partial charge in [-0.05, 0) is 19.4 Å². The molecule has 6 nitrogen and oxygen atoms in total. The molecule has 0 saturated heterocycles. The van der Waals surface area contributed by atoms with E-state index in [9.17, 15) is 14.9 Å². The van der Waals surface area contributed by atoms with Crippen molar-refractivity contribution in [2.75, 3.05) is 5.73 Å². The predicted octanol–water partition coefficient (Wildman–Crippen LogP) is 2.88. The molecule has 6 heteroatoms. The Morgan fingerprint density at radius 1 is 1.45 bits per heavy atom. The van der Waals surface area contributed by atoms with Gasteiger partial charge in [-0.2, -0.15) is 0 Å². The summed E-state index contributed by atoms with van der Waals surface area (Å²) in [4.78, 5) is 22.2. The summed E-state index contributed by atoms with van der Waals surface area (Å²) in [5.41, 5.74) is 5.97. The number of unbranched alkanes of at least 4 members (excludes halogenated alkanes) is 2. The zero-order chi connectivity index (χ0) is 15.1. The molecule has 0 aliphatic heterocycles. The molecule has 1 amide bonds. The number of benzene rings is 1. The van der Waals surface area contributed by atoms with Crippen LogP contribution in [0.3, 0.4) is 0 Å². The van der Waals surface area contributed by atoms with E-state index in [1.165, 1.54) is 18.2 Å². The van der Waals surface area contributed by atoms with Gasteiger partial charge < -0.3 is 11.1 Å². The fourth-order valence-electron chi connectivity index (χ4n) is 1.93. The topological polar surface area (TPSA) is 98.3 Å². The first-order valence-corrected chi connectivity index (χ1v) is 6.80. The highest BCUT2D eigenvalue weighted by molar-refractivity contribution is 5.99. The van der Waals surface area contributed by atoms with Crippen LogP contribution in [0.2, 0.25) is 0 Å². The molecule has 1 aromatic carbocycles. The second kappa shape index (κ2) is 7.47. The molecule has 1 rings (SSSR count). The van der Waals surface area contributed by atoms with Crippen molar-refractivity contribution in [3.8, 4) is 0 Å². The van der Waals surface area contributed by atoms with Crippen LogP contribution in [0.15, 0.2) is 18.2 Å². The molecule has 0 saturated carbocycles. The number of nitro groups is 1. The maximum absolute atomic E-state index is 12.1. The van der Waals surface area contributed by atoms with Crippen LogP contribution in [-0.2, 0) is 0 Å². The average Bonchev–Trinajstić information content (AvgIpc) is 2.39. The zero-order valence-electron chi connectivity index (χ0n) is 11.9. The van der Waals surface area contributed by atoms with Crippen molar-refractivity contribution in [3.05, 3.63) is 33.9 Å². The Morgan fingerprint density at radius 3 is 2.75 bits per heavy atom. The molecule has 0 fully saturated rings. The van der Waals surface area contributed by atoms with Gasteiger partial charge in [0.05, 0.1) is 10.5 Å². The summed E-state index contributed by atoms with van der Waals surface area (Å²) < 4.78 is 0. The Kier molecular flexibility index (Phi) is 5.96. The van der Waals surface area contributed by atoms with Crippen molar-refractivity contribution in [1.29, 1.82) is 0 Å². The SMILES string of the molecule is CCCCCC(C)NC(=O)c1cc([N+](=O)[O-])ccc1N. The van der Waals surface area contributed by atoms with Crippen LogP contribution in [0.4, 0.5) is 11.4 Å². The molecule has 1 unspecified atom stereocenters. The van der Waals surface area contributed by atoms with Gasteiger partial charge in [0, 0.05) is 23.9 Å². The molecular weight excluding hydrogens is 258 g/mol. The highest BCUT2D eigenvalue weighted by Gasteiger charge is 2.16. The van der Waals surface area contributed by atoms with Gasteiger partial charge in [0.2, 0.25) is 0 Å². The Bertz CT molecular complexity index is 489. The fourth-order valence-corrected chi connectivity index (χ4v) is 1.93. The second-order valence-corrected chi connectivity index (χ2v) is 4.90. The number of carbonyl (C=O) groups excluding carboxylic acids is 1. The molecule has 0 radical (unpaired) electrons. The zero-order valence-corrected chi connectivity index (χ0v) is 11.9. The summed E-state index contributed by atoms with van der Waals surface area (Å²) >= 11 is 0. The lowest BCUT2D eigenvalue weighted by molar-refractivity contribution is -0.384. The van der Waals surface area contributed by atoms with Crippen LogP contribution < -0.4 is 11.1 Å². The number of nitrogen functional groups attached to an aromatic ring is 1. The first-order valence-electron chi connectivity index (χ1n) is 6.80. The average molecular weight is 279 g/mol. The smallest absolute Gasteiger partial charge is 0.270 e. The van der Waals surface area contributed by atoms with Crippen LogP contribution in [-0.4, -0.2) is 16.9 Å². The highest BCUT2D eigenvalue weighted by atomic mass is 16.6. The minimum Gasteiger partial charge on any atom is -0.398 e. The van der Waals surface area contributed by atoms with Crippen molar-refractivity contribution in [2.45, 2.75) is 45.6 Å². The standard InChI is InChI=1S/C14H21N3O3/c1-3-4-5-6-10(2)16-14(18)12-9-11(17(19)20)7-8-13(12)15/h7-10H,3-6,15H2,1-2H3,(H,16,18). The lowest BCUT2D eigenvalue weighted by Crippen LogP contribution is -2.33. The van der Waals surface area contributed by atoms with E-state index in [0.717, 1.165) is 25.7 Å². The number of non-ortho nitro benzene ring substituents is 1. The molecular formula is C14H21N3O3. The quantitative estimate of drug-likeness (QED) is 0.347. The lowest BCUT2D eigenvalue weighted by Gasteiger charge is -2.14. The summed E-state index contributed by atoms with van der Waals surface area (Å²) in [6.07, 6.45) is 4.18. The lowest BCUT2D eigenvalue weighted by atomic mass is 10.1. The molecule has 0 bridgehead atoms. The number of nitrogens with two attached hydrogens (primary N) is 1. The van der Waals surface area contributed by atoms with Gasteiger partial charge in [-0.15, -0.1) is 0 Å². The predicted molar refractivity (Wildman–Crippen MR) is 78.6 cm³/mol. The number of carbonyl (C=O) groups is 1. The summed E-state index contributed by atoms with van der Waals surface area (Å²) in [6.45, 7) is 4.04. The van der Waals surface area contributed by atoms with Gasteiger partial charge in [0.15, 0.2) is 0 Å². The molecule has 0 aliphatic rings. The third-order valence-corrected chi connectivity index (χ3v) is 3.11. The van der Waals surface area contributed by atoms with Crippen molar-refractivity contribution < 1.29 is 9.72 Å². The molecule has 0 spiro atoms. The van der Waals surface area contributed by atoms with Gasteiger partial charge in [-0.1, -0.05) is 26.2 Å². The summed E-state index contributed by atoms with van der Waals surface area (Å²) in [5, 5.41) is 13.5. The van der Waals surface area contributed by atoms with E-state index < -0.39 is 4.92 Å². The number of hydrogen-bond donors (Lipinski definition) is 2. The van der Waals surface area contributed by atoms with Crippen LogP contribution in [0.25, 0.3) is 0 Å². The summed E-state index contributed by atoms with van der Waals surface area (Å²) in [6, 6.07) is 3.90. The minimum absolute atomic E-state index is 0.0210. The molecule has 0 aromatic heterocycles. The first-order chi connectivity index (χ1) is 9.45. The Balaban J connectivity index is 2.71. The van der Waals surface area contributed by atoms with Crippen LogP contribution >= 0.6 is 0 Å². The van der Waals surface area contributed by atoms with E-state index in [1.807, 2.05) is 6.92 Å². The summed E-state index contributed by atoms with van der Waals surface area (Å²) in [7, 11) is 0. The van der Waals surface area contributed by atoms with Crippen LogP contribution in [0, 0.1) is 10.1 Å². The molecule has 0 heterocycles. The molecule has 1 atom stereocenters. The first kappa shape index (κ1) is 15.9. The van der Waals surface area contributed by atoms with Crippen molar-refractivity contribution in [2.24, 2.45) is 0 Å². The number of nitro benzene ring substituents is 1. The van der Waals surface area contributed by atoms with Gasteiger partial charge >= 0.3 is 0 Å². The van der Waals surface area contributed by atoms with E-state index in [4.69, 9.17) is 5.73 Å². The Hall–Kier alpha value is -2.11. The fraction of sp³-hybridized carbons (Fsp3) is 0.500. The van der Waals surface area contributed by atoms with E-state index in [1.54, 1.807) is 0 Å². The number of rotatable bonds is 7. The van der Waals surface area contributed by atoms with Gasteiger partial charge in [0.25, 0.3) is 11.6 Å². The Labute approximate surface area is 118 Å². The largest absolute Gasteiger partial charge is 0.398 e. The molecule has 3 N–H and O–H groups in total.